The lowest BCUT2D eigenvalue weighted by Crippen LogP contribution is -2.46. The SMILES string of the molecule is CC(C)(NCc1coc(-c2ccccc2)n1)C(=O)O. The summed E-state index contributed by atoms with van der Waals surface area (Å²) < 4.78 is 5.38. The third kappa shape index (κ3) is 3.20. The fourth-order valence-electron chi connectivity index (χ4n) is 1.49. The third-order valence-electron chi connectivity index (χ3n) is 2.82. The van der Waals surface area contributed by atoms with Crippen molar-refractivity contribution in [2.45, 2.75) is 25.9 Å². The number of carbonyl (C=O) groups is 1. The van der Waals surface area contributed by atoms with Gasteiger partial charge in [-0.2, -0.15) is 0 Å². The van der Waals surface area contributed by atoms with Crippen LogP contribution in [-0.2, 0) is 11.3 Å². The zero-order valence-corrected chi connectivity index (χ0v) is 10.9. The van der Waals surface area contributed by atoms with Crippen LogP contribution < -0.4 is 5.32 Å². The van der Waals surface area contributed by atoms with Crippen molar-refractivity contribution in [3.8, 4) is 11.5 Å². The van der Waals surface area contributed by atoms with Gasteiger partial charge in [0.1, 0.15) is 11.8 Å². The Bertz CT molecular complexity index is 561. The average Bonchev–Trinajstić information content (AvgIpc) is 2.86. The van der Waals surface area contributed by atoms with Crippen LogP contribution in [0.2, 0.25) is 0 Å². The fourth-order valence-corrected chi connectivity index (χ4v) is 1.49. The lowest BCUT2D eigenvalue weighted by molar-refractivity contribution is -0.143. The van der Waals surface area contributed by atoms with Gasteiger partial charge in [0.2, 0.25) is 5.89 Å². The molecular formula is C14H16N2O3. The van der Waals surface area contributed by atoms with E-state index < -0.39 is 11.5 Å². The first-order valence-corrected chi connectivity index (χ1v) is 5.97. The zero-order valence-electron chi connectivity index (χ0n) is 10.9. The number of carboxylic acid groups (broad SMARTS) is 1. The molecule has 2 aromatic rings. The predicted octanol–water partition coefficient (Wildman–Crippen LogP) is 2.29. The second-order valence-corrected chi connectivity index (χ2v) is 4.79. The molecule has 0 aliphatic carbocycles. The molecule has 5 nitrogen and oxygen atoms in total. The van der Waals surface area contributed by atoms with Crippen molar-refractivity contribution < 1.29 is 14.3 Å². The highest BCUT2D eigenvalue weighted by Gasteiger charge is 2.26. The summed E-state index contributed by atoms with van der Waals surface area (Å²) in [7, 11) is 0. The quantitative estimate of drug-likeness (QED) is 0.862. The molecule has 100 valence electrons. The van der Waals surface area contributed by atoms with Crippen molar-refractivity contribution in [1.29, 1.82) is 0 Å². The highest BCUT2D eigenvalue weighted by atomic mass is 16.4. The Morgan fingerprint density at radius 3 is 2.68 bits per heavy atom. The van der Waals surface area contributed by atoms with Gasteiger partial charge in [0.25, 0.3) is 0 Å². The normalized spacial score (nSPS) is 11.5. The molecule has 1 aromatic carbocycles. The molecule has 0 saturated heterocycles. The van der Waals surface area contributed by atoms with E-state index in [1.165, 1.54) is 6.26 Å². The Hall–Kier alpha value is -2.14. The van der Waals surface area contributed by atoms with Crippen LogP contribution in [0.25, 0.3) is 11.5 Å². The average molecular weight is 260 g/mol. The van der Waals surface area contributed by atoms with Gasteiger partial charge >= 0.3 is 5.97 Å². The maximum absolute atomic E-state index is 11.0. The molecule has 0 radical (unpaired) electrons. The first-order chi connectivity index (χ1) is 8.99. The van der Waals surface area contributed by atoms with Crippen molar-refractivity contribution in [2.24, 2.45) is 0 Å². The molecule has 5 heteroatoms. The molecule has 2 rings (SSSR count). The van der Waals surface area contributed by atoms with Gasteiger partial charge in [0.05, 0.1) is 5.69 Å². The van der Waals surface area contributed by atoms with E-state index in [4.69, 9.17) is 9.52 Å². The summed E-state index contributed by atoms with van der Waals surface area (Å²) in [5, 5.41) is 11.9. The van der Waals surface area contributed by atoms with Crippen LogP contribution in [0.4, 0.5) is 0 Å². The van der Waals surface area contributed by atoms with Crippen LogP contribution in [0, 0.1) is 0 Å². The Labute approximate surface area is 111 Å². The number of nitrogens with one attached hydrogen (secondary N) is 1. The molecule has 0 spiro atoms. The topological polar surface area (TPSA) is 75.4 Å². The molecule has 0 aliphatic rings. The maximum atomic E-state index is 11.0. The number of rotatable bonds is 5. The summed E-state index contributed by atoms with van der Waals surface area (Å²) in [4.78, 5) is 15.3. The lowest BCUT2D eigenvalue weighted by Gasteiger charge is -2.19. The number of hydrogen-bond acceptors (Lipinski definition) is 4. The number of benzene rings is 1. The van der Waals surface area contributed by atoms with E-state index in [1.54, 1.807) is 13.8 Å². The molecule has 2 N–H and O–H groups in total. The minimum atomic E-state index is -0.994. The van der Waals surface area contributed by atoms with Crippen molar-refractivity contribution in [1.82, 2.24) is 10.3 Å². The van der Waals surface area contributed by atoms with Gasteiger partial charge in [0.15, 0.2) is 0 Å². The molecule has 0 atom stereocenters. The van der Waals surface area contributed by atoms with E-state index in [9.17, 15) is 4.79 Å². The first kappa shape index (κ1) is 13.3. The van der Waals surface area contributed by atoms with Crippen molar-refractivity contribution in [3.63, 3.8) is 0 Å². The van der Waals surface area contributed by atoms with E-state index >= 15 is 0 Å². The zero-order chi connectivity index (χ0) is 13.9. The highest BCUT2D eigenvalue weighted by Crippen LogP contribution is 2.18. The molecule has 19 heavy (non-hydrogen) atoms. The van der Waals surface area contributed by atoms with Gasteiger partial charge in [-0.1, -0.05) is 18.2 Å². The van der Waals surface area contributed by atoms with Gasteiger partial charge < -0.3 is 9.52 Å². The van der Waals surface area contributed by atoms with E-state index in [1.807, 2.05) is 30.3 Å². The number of carboxylic acids is 1. The summed E-state index contributed by atoms with van der Waals surface area (Å²) in [6.07, 6.45) is 1.53. The van der Waals surface area contributed by atoms with E-state index in [0.29, 0.717) is 18.1 Å². The smallest absolute Gasteiger partial charge is 0.323 e. The Morgan fingerprint density at radius 1 is 1.37 bits per heavy atom. The van der Waals surface area contributed by atoms with Crippen LogP contribution in [-0.4, -0.2) is 21.6 Å². The second-order valence-electron chi connectivity index (χ2n) is 4.79. The summed E-state index contributed by atoms with van der Waals surface area (Å²) >= 11 is 0. The Kier molecular flexibility index (Phi) is 3.66. The molecule has 0 unspecified atom stereocenters. The van der Waals surface area contributed by atoms with E-state index in [2.05, 4.69) is 10.3 Å². The molecule has 0 aliphatic heterocycles. The predicted molar refractivity (Wildman–Crippen MR) is 70.5 cm³/mol. The standard InChI is InChI=1S/C14H16N2O3/c1-14(2,13(17)18)15-8-11-9-19-12(16-11)10-6-4-3-5-7-10/h3-7,9,15H,8H2,1-2H3,(H,17,18). The number of hydrogen-bond donors (Lipinski definition) is 2. The third-order valence-corrected chi connectivity index (χ3v) is 2.82. The minimum absolute atomic E-state index is 0.343. The van der Waals surface area contributed by atoms with Crippen molar-refractivity contribution >= 4 is 5.97 Å². The fraction of sp³-hybridized carbons (Fsp3) is 0.286. The van der Waals surface area contributed by atoms with Gasteiger partial charge in [0, 0.05) is 12.1 Å². The Morgan fingerprint density at radius 2 is 2.05 bits per heavy atom. The lowest BCUT2D eigenvalue weighted by atomic mass is 10.1. The number of aliphatic carboxylic acids is 1. The molecule has 0 fully saturated rings. The van der Waals surface area contributed by atoms with Gasteiger partial charge in [-0.05, 0) is 26.0 Å². The summed E-state index contributed by atoms with van der Waals surface area (Å²) in [6, 6.07) is 9.55. The van der Waals surface area contributed by atoms with E-state index in [0.717, 1.165) is 5.56 Å². The van der Waals surface area contributed by atoms with Gasteiger partial charge in [-0.25, -0.2) is 4.98 Å². The number of aromatic nitrogens is 1. The van der Waals surface area contributed by atoms with Gasteiger partial charge in [-0.15, -0.1) is 0 Å². The Balaban J connectivity index is 2.05. The molecule has 0 amide bonds. The van der Waals surface area contributed by atoms with Gasteiger partial charge in [-0.3, -0.25) is 10.1 Å². The maximum Gasteiger partial charge on any atom is 0.323 e. The molecular weight excluding hydrogens is 244 g/mol. The van der Waals surface area contributed by atoms with Crippen LogP contribution in [0.5, 0.6) is 0 Å². The van der Waals surface area contributed by atoms with Crippen molar-refractivity contribution in [3.05, 3.63) is 42.3 Å². The summed E-state index contributed by atoms with van der Waals surface area (Å²) in [5.41, 5.74) is 0.575. The highest BCUT2D eigenvalue weighted by molar-refractivity contribution is 5.77. The first-order valence-electron chi connectivity index (χ1n) is 5.97. The molecule has 0 saturated carbocycles. The van der Waals surface area contributed by atoms with Crippen LogP contribution >= 0.6 is 0 Å². The minimum Gasteiger partial charge on any atom is -0.480 e. The molecule has 0 bridgehead atoms. The van der Waals surface area contributed by atoms with Crippen LogP contribution in [0.1, 0.15) is 19.5 Å². The number of oxazole rings is 1. The second kappa shape index (κ2) is 5.24. The molecule has 1 aromatic heterocycles. The van der Waals surface area contributed by atoms with Crippen LogP contribution in [0.15, 0.2) is 41.0 Å². The number of nitrogens with zero attached hydrogens (tertiary/aromatic N) is 1. The summed E-state index contributed by atoms with van der Waals surface area (Å²) in [6.45, 7) is 3.55. The monoisotopic (exact) mass is 260 g/mol. The van der Waals surface area contributed by atoms with E-state index in [-0.39, 0.29) is 0 Å². The van der Waals surface area contributed by atoms with Crippen LogP contribution in [0.3, 0.4) is 0 Å². The molecule has 1 heterocycles. The van der Waals surface area contributed by atoms with Crippen molar-refractivity contribution in [2.75, 3.05) is 0 Å². The largest absolute Gasteiger partial charge is 0.480 e. The summed E-state index contributed by atoms with van der Waals surface area (Å²) in [5.74, 6) is -0.371.